The minimum absolute atomic E-state index is 0.268. The lowest BCUT2D eigenvalue weighted by atomic mass is 9.74. The number of hydrogen-bond donors (Lipinski definition) is 0. The highest BCUT2D eigenvalue weighted by molar-refractivity contribution is 5.32. The first-order valence-electron chi connectivity index (χ1n) is 6.42. The Morgan fingerprint density at radius 1 is 1.12 bits per heavy atom. The molecule has 0 saturated carbocycles. The predicted molar refractivity (Wildman–Crippen MR) is 69.7 cm³/mol. The fraction of sp³-hybridized carbons (Fsp3) is 0.533. The van der Waals surface area contributed by atoms with Gasteiger partial charge in [0.05, 0.1) is 11.5 Å². The molecule has 0 radical (unpaired) electrons. The Kier molecular flexibility index (Phi) is 3.81. The number of benzene rings is 1. The highest BCUT2D eigenvalue weighted by Crippen LogP contribution is 2.34. The van der Waals surface area contributed by atoms with Crippen LogP contribution in [-0.4, -0.2) is 25.0 Å². The smallest absolute Gasteiger partial charge is 0.0834 e. The third kappa shape index (κ3) is 2.68. The number of hydrogen-bond acceptors (Lipinski definition) is 2. The van der Waals surface area contributed by atoms with Crippen molar-refractivity contribution in [2.75, 3.05) is 20.1 Å². The minimum Gasteiger partial charge on any atom is -0.306 e. The SMILES string of the molecule is CN1CCCC[C@](C#N)(c2ccccc2)CC1. The van der Waals surface area contributed by atoms with Gasteiger partial charge >= 0.3 is 0 Å². The van der Waals surface area contributed by atoms with Gasteiger partial charge in [0.25, 0.3) is 0 Å². The van der Waals surface area contributed by atoms with E-state index in [9.17, 15) is 5.26 Å². The lowest BCUT2D eigenvalue weighted by Crippen LogP contribution is -2.33. The molecule has 2 nitrogen and oxygen atoms in total. The predicted octanol–water partition coefficient (Wildman–Crippen LogP) is 2.95. The first-order chi connectivity index (χ1) is 8.27. The molecule has 2 rings (SSSR count). The van der Waals surface area contributed by atoms with Crippen molar-refractivity contribution >= 4 is 0 Å². The summed E-state index contributed by atoms with van der Waals surface area (Å²) in [6.45, 7) is 2.18. The maximum atomic E-state index is 9.63. The molecule has 0 aliphatic carbocycles. The van der Waals surface area contributed by atoms with Crippen molar-refractivity contribution in [2.45, 2.75) is 31.1 Å². The highest BCUT2D eigenvalue weighted by Gasteiger charge is 2.32. The van der Waals surface area contributed by atoms with Gasteiger partial charge in [0.15, 0.2) is 0 Å². The molecule has 1 aliphatic rings. The van der Waals surface area contributed by atoms with Gasteiger partial charge in [-0.1, -0.05) is 36.8 Å². The van der Waals surface area contributed by atoms with E-state index in [4.69, 9.17) is 0 Å². The van der Waals surface area contributed by atoms with Crippen molar-refractivity contribution in [3.05, 3.63) is 35.9 Å². The fourth-order valence-electron chi connectivity index (χ4n) is 2.65. The Morgan fingerprint density at radius 3 is 2.59 bits per heavy atom. The molecule has 0 aromatic heterocycles. The summed E-state index contributed by atoms with van der Waals surface area (Å²) in [6, 6.07) is 12.9. The van der Waals surface area contributed by atoms with E-state index in [1.165, 1.54) is 12.0 Å². The van der Waals surface area contributed by atoms with Crippen LogP contribution in [0.3, 0.4) is 0 Å². The Hall–Kier alpha value is -1.33. The van der Waals surface area contributed by atoms with Gasteiger partial charge in [-0.2, -0.15) is 5.26 Å². The highest BCUT2D eigenvalue weighted by atomic mass is 15.1. The van der Waals surface area contributed by atoms with Crippen molar-refractivity contribution in [3.63, 3.8) is 0 Å². The van der Waals surface area contributed by atoms with Gasteiger partial charge in [0.2, 0.25) is 0 Å². The van der Waals surface area contributed by atoms with E-state index < -0.39 is 0 Å². The number of nitrogens with zero attached hydrogens (tertiary/aromatic N) is 2. The molecule has 90 valence electrons. The van der Waals surface area contributed by atoms with Gasteiger partial charge in [0, 0.05) is 0 Å². The summed E-state index contributed by atoms with van der Waals surface area (Å²) in [7, 11) is 2.15. The Morgan fingerprint density at radius 2 is 1.88 bits per heavy atom. The van der Waals surface area contributed by atoms with Gasteiger partial charge < -0.3 is 4.90 Å². The molecule has 1 heterocycles. The molecule has 0 unspecified atom stereocenters. The molecule has 1 aromatic carbocycles. The van der Waals surface area contributed by atoms with Crippen LogP contribution in [0.1, 0.15) is 31.2 Å². The molecular weight excluding hydrogens is 208 g/mol. The second-order valence-electron chi connectivity index (χ2n) is 5.07. The lowest BCUT2D eigenvalue weighted by molar-refractivity contribution is 0.259. The molecule has 0 amide bonds. The molecule has 1 atom stereocenters. The number of rotatable bonds is 1. The first kappa shape index (κ1) is 12.1. The monoisotopic (exact) mass is 228 g/mol. The summed E-state index contributed by atoms with van der Waals surface area (Å²) in [6.07, 6.45) is 4.30. The van der Waals surface area contributed by atoms with Crippen LogP contribution in [-0.2, 0) is 5.41 Å². The average Bonchev–Trinajstić information content (AvgIpc) is 2.37. The third-order valence-corrected chi connectivity index (χ3v) is 3.85. The van der Waals surface area contributed by atoms with Crippen molar-refractivity contribution in [2.24, 2.45) is 0 Å². The second-order valence-corrected chi connectivity index (χ2v) is 5.07. The van der Waals surface area contributed by atoms with Gasteiger partial charge in [-0.3, -0.25) is 0 Å². The van der Waals surface area contributed by atoms with Crippen LogP contribution in [0.15, 0.2) is 30.3 Å². The molecule has 17 heavy (non-hydrogen) atoms. The van der Waals surface area contributed by atoms with Gasteiger partial charge in [-0.15, -0.1) is 0 Å². The van der Waals surface area contributed by atoms with Crippen molar-refractivity contribution in [1.82, 2.24) is 4.90 Å². The van der Waals surface area contributed by atoms with E-state index in [0.29, 0.717) is 0 Å². The van der Waals surface area contributed by atoms with Crippen LogP contribution in [0, 0.1) is 11.3 Å². The number of nitriles is 1. The van der Waals surface area contributed by atoms with Gasteiger partial charge in [0.1, 0.15) is 0 Å². The van der Waals surface area contributed by atoms with E-state index in [-0.39, 0.29) is 5.41 Å². The third-order valence-electron chi connectivity index (χ3n) is 3.85. The van der Waals surface area contributed by atoms with E-state index in [1.54, 1.807) is 0 Å². The average molecular weight is 228 g/mol. The quantitative estimate of drug-likeness (QED) is 0.739. The zero-order chi connectivity index (χ0) is 12.1. The fourth-order valence-corrected chi connectivity index (χ4v) is 2.65. The second kappa shape index (κ2) is 5.33. The first-order valence-corrected chi connectivity index (χ1v) is 6.42. The van der Waals surface area contributed by atoms with E-state index in [2.05, 4.69) is 30.1 Å². The zero-order valence-corrected chi connectivity index (χ0v) is 10.5. The molecule has 1 aliphatic heterocycles. The van der Waals surface area contributed by atoms with E-state index in [1.807, 2.05) is 18.2 Å². The summed E-state index contributed by atoms with van der Waals surface area (Å²) >= 11 is 0. The maximum absolute atomic E-state index is 9.63. The summed E-state index contributed by atoms with van der Waals surface area (Å²) in [5.41, 5.74) is 0.924. The lowest BCUT2D eigenvalue weighted by Gasteiger charge is -2.32. The van der Waals surface area contributed by atoms with Crippen LogP contribution in [0.25, 0.3) is 0 Å². The largest absolute Gasteiger partial charge is 0.306 e. The molecule has 1 aromatic rings. The molecule has 2 heteroatoms. The molecule has 0 spiro atoms. The summed E-state index contributed by atoms with van der Waals surface area (Å²) in [5.74, 6) is 0. The Balaban J connectivity index is 2.26. The summed E-state index contributed by atoms with van der Waals surface area (Å²) < 4.78 is 0. The molecule has 0 N–H and O–H groups in total. The Labute approximate surface area is 104 Å². The maximum Gasteiger partial charge on any atom is 0.0834 e. The van der Waals surface area contributed by atoms with Crippen molar-refractivity contribution < 1.29 is 0 Å². The van der Waals surface area contributed by atoms with E-state index in [0.717, 1.165) is 32.4 Å². The standard InChI is InChI=1S/C15H20N2/c1-17-11-6-5-9-15(13-16,10-12-17)14-7-3-2-4-8-14/h2-4,7-8H,5-6,9-12H2,1H3/t15-/m0/s1. The van der Waals surface area contributed by atoms with Crippen LogP contribution >= 0.6 is 0 Å². The van der Waals surface area contributed by atoms with Gasteiger partial charge in [-0.05, 0) is 45.0 Å². The zero-order valence-electron chi connectivity index (χ0n) is 10.5. The number of likely N-dealkylation sites (tertiary alicyclic amines) is 1. The molecular formula is C15H20N2. The minimum atomic E-state index is -0.268. The van der Waals surface area contributed by atoms with Crippen LogP contribution in [0.2, 0.25) is 0 Å². The van der Waals surface area contributed by atoms with Crippen LogP contribution in [0.5, 0.6) is 0 Å². The van der Waals surface area contributed by atoms with Crippen molar-refractivity contribution in [1.29, 1.82) is 5.26 Å². The van der Waals surface area contributed by atoms with Crippen molar-refractivity contribution in [3.8, 4) is 6.07 Å². The molecule has 1 fully saturated rings. The molecule has 1 saturated heterocycles. The normalized spacial score (nSPS) is 26.8. The summed E-state index contributed by atoms with van der Waals surface area (Å²) in [5, 5.41) is 9.63. The van der Waals surface area contributed by atoms with Crippen LogP contribution in [0.4, 0.5) is 0 Å². The molecule has 0 bridgehead atoms. The Bertz CT molecular complexity index is 393. The van der Waals surface area contributed by atoms with Crippen LogP contribution < -0.4 is 0 Å². The topological polar surface area (TPSA) is 27.0 Å². The van der Waals surface area contributed by atoms with E-state index >= 15 is 0 Å². The summed E-state index contributed by atoms with van der Waals surface area (Å²) in [4.78, 5) is 2.34. The van der Waals surface area contributed by atoms with Gasteiger partial charge in [-0.25, -0.2) is 0 Å².